The Morgan fingerprint density at radius 2 is 2.05 bits per heavy atom. The molecule has 0 aromatic carbocycles. The lowest BCUT2D eigenvalue weighted by molar-refractivity contribution is 0.318. The smallest absolute Gasteiger partial charge is 0.231 e. The molecule has 0 aliphatic heterocycles. The lowest BCUT2D eigenvalue weighted by Gasteiger charge is -2.20. The van der Waals surface area contributed by atoms with Gasteiger partial charge in [-0.25, -0.2) is 0 Å². The number of nitrogens with zero attached hydrogens (tertiary/aromatic N) is 2. The molecule has 1 heterocycles. The summed E-state index contributed by atoms with van der Waals surface area (Å²) in [6.07, 6.45) is 3.40. The first-order chi connectivity index (χ1) is 9.22. The molecule has 0 aliphatic carbocycles. The van der Waals surface area contributed by atoms with Crippen LogP contribution in [0.25, 0.3) is 0 Å². The minimum absolute atomic E-state index is 0.272. The van der Waals surface area contributed by atoms with E-state index in [2.05, 4.69) is 43.2 Å². The highest BCUT2D eigenvalue weighted by Gasteiger charge is 2.22. The van der Waals surface area contributed by atoms with E-state index in [4.69, 9.17) is 4.52 Å². The second-order valence-corrected chi connectivity index (χ2v) is 5.96. The number of aromatic nitrogens is 2. The SMILES string of the molecule is CCCNC(CC)C(C)c1nc(CSCCC)no1. The van der Waals surface area contributed by atoms with Crippen molar-refractivity contribution in [3.63, 3.8) is 0 Å². The Labute approximate surface area is 121 Å². The average molecular weight is 285 g/mol. The molecule has 2 unspecified atom stereocenters. The van der Waals surface area contributed by atoms with E-state index in [0.29, 0.717) is 6.04 Å². The highest BCUT2D eigenvalue weighted by molar-refractivity contribution is 7.98. The van der Waals surface area contributed by atoms with Crippen LogP contribution in [0.15, 0.2) is 4.52 Å². The summed E-state index contributed by atoms with van der Waals surface area (Å²) < 4.78 is 5.41. The van der Waals surface area contributed by atoms with Crippen molar-refractivity contribution < 1.29 is 4.52 Å². The molecule has 0 bridgehead atoms. The number of nitrogens with one attached hydrogen (secondary N) is 1. The van der Waals surface area contributed by atoms with E-state index in [0.717, 1.165) is 42.6 Å². The summed E-state index contributed by atoms with van der Waals surface area (Å²) in [5.74, 6) is 3.86. The summed E-state index contributed by atoms with van der Waals surface area (Å²) in [5.41, 5.74) is 0. The minimum atomic E-state index is 0.272. The molecule has 5 heteroatoms. The standard InChI is InChI=1S/C14H27N3OS/c1-5-8-15-12(7-3)11(4)14-16-13(17-18-14)10-19-9-6-2/h11-12,15H,5-10H2,1-4H3. The molecule has 2 atom stereocenters. The van der Waals surface area contributed by atoms with Gasteiger partial charge in [-0.2, -0.15) is 16.7 Å². The van der Waals surface area contributed by atoms with Crippen LogP contribution < -0.4 is 5.32 Å². The lowest BCUT2D eigenvalue weighted by atomic mass is 9.99. The van der Waals surface area contributed by atoms with Gasteiger partial charge < -0.3 is 9.84 Å². The topological polar surface area (TPSA) is 51.0 Å². The molecule has 0 aliphatic rings. The fourth-order valence-corrected chi connectivity index (χ4v) is 2.73. The van der Waals surface area contributed by atoms with Gasteiger partial charge in [-0.15, -0.1) is 0 Å². The first-order valence-corrected chi connectivity index (χ1v) is 8.51. The summed E-state index contributed by atoms with van der Waals surface area (Å²) in [5, 5.41) is 7.62. The molecule has 0 saturated carbocycles. The normalized spacial score (nSPS) is 14.5. The molecule has 0 fully saturated rings. The third-order valence-electron chi connectivity index (χ3n) is 3.15. The monoisotopic (exact) mass is 285 g/mol. The van der Waals surface area contributed by atoms with Crippen molar-refractivity contribution >= 4 is 11.8 Å². The average Bonchev–Trinajstić information content (AvgIpc) is 2.88. The predicted molar refractivity (Wildman–Crippen MR) is 81.5 cm³/mol. The van der Waals surface area contributed by atoms with E-state index < -0.39 is 0 Å². The highest BCUT2D eigenvalue weighted by Crippen LogP contribution is 2.20. The van der Waals surface area contributed by atoms with Crippen LogP contribution in [-0.2, 0) is 5.75 Å². The van der Waals surface area contributed by atoms with E-state index in [1.807, 2.05) is 11.8 Å². The molecule has 0 saturated heterocycles. The maximum absolute atomic E-state index is 5.41. The maximum Gasteiger partial charge on any atom is 0.231 e. The molecular weight excluding hydrogens is 258 g/mol. The van der Waals surface area contributed by atoms with Crippen LogP contribution in [0.1, 0.15) is 64.6 Å². The Morgan fingerprint density at radius 3 is 2.68 bits per heavy atom. The van der Waals surface area contributed by atoms with E-state index in [-0.39, 0.29) is 5.92 Å². The van der Waals surface area contributed by atoms with Crippen molar-refractivity contribution in [1.29, 1.82) is 0 Å². The molecule has 4 nitrogen and oxygen atoms in total. The highest BCUT2D eigenvalue weighted by atomic mass is 32.2. The summed E-state index contributed by atoms with van der Waals surface area (Å²) in [7, 11) is 0. The molecule has 1 aromatic rings. The fourth-order valence-electron chi connectivity index (χ4n) is 2.00. The molecule has 1 aromatic heterocycles. The maximum atomic E-state index is 5.41. The van der Waals surface area contributed by atoms with Gasteiger partial charge in [0.2, 0.25) is 5.89 Å². The largest absolute Gasteiger partial charge is 0.339 e. The Balaban J connectivity index is 2.52. The van der Waals surface area contributed by atoms with Crippen LogP contribution >= 0.6 is 11.8 Å². The molecule has 19 heavy (non-hydrogen) atoms. The van der Waals surface area contributed by atoms with Gasteiger partial charge in [0.25, 0.3) is 0 Å². The zero-order valence-corrected chi connectivity index (χ0v) is 13.4. The summed E-state index contributed by atoms with van der Waals surface area (Å²) >= 11 is 1.86. The molecule has 1 rings (SSSR count). The van der Waals surface area contributed by atoms with Gasteiger partial charge in [-0.1, -0.05) is 32.9 Å². The van der Waals surface area contributed by atoms with Crippen molar-refractivity contribution in [3.8, 4) is 0 Å². The van der Waals surface area contributed by atoms with Crippen LogP contribution in [0.4, 0.5) is 0 Å². The Morgan fingerprint density at radius 1 is 1.26 bits per heavy atom. The van der Waals surface area contributed by atoms with Crippen LogP contribution in [0.2, 0.25) is 0 Å². The summed E-state index contributed by atoms with van der Waals surface area (Å²) in [6, 6.07) is 0.413. The molecule has 0 amide bonds. The van der Waals surface area contributed by atoms with E-state index in [1.165, 1.54) is 6.42 Å². The predicted octanol–water partition coefficient (Wildman–Crippen LogP) is 3.59. The van der Waals surface area contributed by atoms with Crippen LogP contribution in [-0.4, -0.2) is 28.5 Å². The third kappa shape index (κ3) is 5.53. The number of thioether (sulfide) groups is 1. The summed E-state index contributed by atoms with van der Waals surface area (Å²) in [4.78, 5) is 4.52. The molecular formula is C14H27N3OS. The lowest BCUT2D eigenvalue weighted by Crippen LogP contribution is -2.33. The zero-order valence-electron chi connectivity index (χ0n) is 12.6. The summed E-state index contributed by atoms with van der Waals surface area (Å²) in [6.45, 7) is 9.75. The van der Waals surface area contributed by atoms with Crippen molar-refractivity contribution in [1.82, 2.24) is 15.5 Å². The van der Waals surface area contributed by atoms with Gasteiger partial charge in [0.15, 0.2) is 5.82 Å². The van der Waals surface area contributed by atoms with Crippen LogP contribution in [0.5, 0.6) is 0 Å². The number of rotatable bonds is 10. The van der Waals surface area contributed by atoms with E-state index in [9.17, 15) is 0 Å². The van der Waals surface area contributed by atoms with Crippen molar-refractivity contribution in [2.45, 2.75) is 64.7 Å². The molecule has 0 radical (unpaired) electrons. The molecule has 1 N–H and O–H groups in total. The Bertz CT molecular complexity index is 343. The van der Waals surface area contributed by atoms with E-state index in [1.54, 1.807) is 0 Å². The quantitative estimate of drug-likeness (QED) is 0.666. The van der Waals surface area contributed by atoms with Gasteiger partial charge in [-0.3, -0.25) is 0 Å². The third-order valence-corrected chi connectivity index (χ3v) is 4.31. The van der Waals surface area contributed by atoms with Crippen LogP contribution in [0, 0.1) is 0 Å². The van der Waals surface area contributed by atoms with Crippen molar-refractivity contribution in [2.75, 3.05) is 12.3 Å². The Kier molecular flexibility index (Phi) is 8.14. The van der Waals surface area contributed by atoms with E-state index >= 15 is 0 Å². The van der Waals surface area contributed by atoms with Crippen molar-refractivity contribution in [3.05, 3.63) is 11.7 Å². The van der Waals surface area contributed by atoms with Gasteiger partial charge in [0.05, 0.1) is 11.7 Å². The van der Waals surface area contributed by atoms with Gasteiger partial charge in [0, 0.05) is 6.04 Å². The zero-order chi connectivity index (χ0) is 14.1. The second-order valence-electron chi connectivity index (χ2n) is 4.86. The first-order valence-electron chi connectivity index (χ1n) is 7.36. The number of hydrogen-bond acceptors (Lipinski definition) is 5. The van der Waals surface area contributed by atoms with Gasteiger partial charge in [0.1, 0.15) is 0 Å². The van der Waals surface area contributed by atoms with Gasteiger partial charge >= 0.3 is 0 Å². The number of hydrogen-bond donors (Lipinski definition) is 1. The van der Waals surface area contributed by atoms with Crippen molar-refractivity contribution in [2.24, 2.45) is 0 Å². The molecule has 110 valence electrons. The fraction of sp³-hybridized carbons (Fsp3) is 0.857. The Hall–Kier alpha value is -0.550. The van der Waals surface area contributed by atoms with Gasteiger partial charge in [-0.05, 0) is 31.6 Å². The first kappa shape index (κ1) is 16.5. The second kappa shape index (κ2) is 9.37. The minimum Gasteiger partial charge on any atom is -0.339 e. The molecule has 0 spiro atoms. The van der Waals surface area contributed by atoms with Crippen LogP contribution in [0.3, 0.4) is 0 Å².